The van der Waals surface area contributed by atoms with Crippen molar-refractivity contribution in [2.75, 3.05) is 11.4 Å². The quantitative estimate of drug-likeness (QED) is 0.492. The molecule has 182 valence electrons. The van der Waals surface area contributed by atoms with Gasteiger partial charge in [0.15, 0.2) is 0 Å². The number of alkyl halides is 3. The molecule has 0 unspecified atom stereocenters. The molecule has 9 nitrogen and oxygen atoms in total. The molecule has 3 aromatic rings. The second-order valence-electron chi connectivity index (χ2n) is 8.32. The highest BCUT2D eigenvalue weighted by atomic mass is 19.4. The molecule has 35 heavy (non-hydrogen) atoms. The van der Waals surface area contributed by atoms with Gasteiger partial charge in [0, 0.05) is 61.7 Å². The molecular formula is C23H20F3N5O4. The van der Waals surface area contributed by atoms with Crippen molar-refractivity contribution >= 4 is 17.6 Å². The summed E-state index contributed by atoms with van der Waals surface area (Å²) < 4.78 is 49.2. The van der Waals surface area contributed by atoms with Crippen molar-refractivity contribution in [1.29, 1.82) is 0 Å². The Labute approximate surface area is 197 Å². The number of halogens is 3. The topological polar surface area (TPSA) is 89.8 Å². The number of aryl methyl sites for hydroxylation is 1. The van der Waals surface area contributed by atoms with Crippen molar-refractivity contribution in [1.82, 2.24) is 19.7 Å². The number of benzene rings is 1. The summed E-state index contributed by atoms with van der Waals surface area (Å²) in [5, 5.41) is 4.13. The first-order valence-electron chi connectivity index (χ1n) is 10.8. The molecule has 0 radical (unpaired) electrons. The van der Waals surface area contributed by atoms with Crippen LogP contribution in [0.2, 0.25) is 0 Å². The number of ether oxygens (including phenoxy) is 2. The summed E-state index contributed by atoms with van der Waals surface area (Å²) >= 11 is 0. The molecule has 2 aromatic heterocycles. The van der Waals surface area contributed by atoms with E-state index in [0.717, 1.165) is 27.5 Å². The minimum absolute atomic E-state index is 0.152. The van der Waals surface area contributed by atoms with Crippen LogP contribution in [0.25, 0.3) is 11.3 Å². The number of nitrogens with zero attached hydrogens (tertiary/aromatic N) is 5. The van der Waals surface area contributed by atoms with Gasteiger partial charge in [0.1, 0.15) is 24.1 Å². The molecule has 0 N–H and O–H groups in total. The van der Waals surface area contributed by atoms with Gasteiger partial charge in [-0.05, 0) is 18.2 Å². The molecule has 0 spiro atoms. The van der Waals surface area contributed by atoms with Crippen LogP contribution in [0.5, 0.6) is 11.5 Å². The van der Waals surface area contributed by atoms with Crippen LogP contribution in [0.1, 0.15) is 12.8 Å². The number of pyridine rings is 1. The third kappa shape index (κ3) is 4.77. The molecule has 0 atom stereocenters. The van der Waals surface area contributed by atoms with E-state index < -0.39 is 24.1 Å². The van der Waals surface area contributed by atoms with E-state index in [-0.39, 0.29) is 24.4 Å². The van der Waals surface area contributed by atoms with Crippen LogP contribution in [0.3, 0.4) is 0 Å². The van der Waals surface area contributed by atoms with Crippen LogP contribution in [0.15, 0.2) is 55.0 Å². The lowest BCUT2D eigenvalue weighted by atomic mass is 9.88. The molecule has 1 saturated heterocycles. The summed E-state index contributed by atoms with van der Waals surface area (Å²) in [5.41, 5.74) is 1.71. The Bertz CT molecular complexity index is 1270. The molecule has 3 heterocycles. The summed E-state index contributed by atoms with van der Waals surface area (Å²) in [6.45, 7) is -0.255. The Balaban J connectivity index is 1.21. The van der Waals surface area contributed by atoms with Crippen LogP contribution in [0.4, 0.5) is 23.7 Å². The summed E-state index contributed by atoms with van der Waals surface area (Å²) in [6.07, 6.45) is 1.03. The Hall–Kier alpha value is -4.09. The molecule has 5 rings (SSSR count). The van der Waals surface area contributed by atoms with Crippen LogP contribution >= 0.6 is 0 Å². The predicted molar refractivity (Wildman–Crippen MR) is 117 cm³/mol. The minimum atomic E-state index is -4.86. The van der Waals surface area contributed by atoms with Crippen molar-refractivity contribution in [2.24, 2.45) is 7.05 Å². The zero-order valence-electron chi connectivity index (χ0n) is 18.5. The predicted octanol–water partition coefficient (Wildman–Crippen LogP) is 3.76. The number of aromatic nitrogens is 3. The minimum Gasteiger partial charge on any atom is -0.490 e. The number of anilines is 1. The fourth-order valence-corrected chi connectivity index (χ4v) is 4.16. The van der Waals surface area contributed by atoms with Crippen LogP contribution in [0, 0.1) is 0 Å². The number of carbonyl (C=O) groups is 2. The molecule has 2 aliphatic rings. The number of rotatable bonds is 6. The van der Waals surface area contributed by atoms with E-state index in [0.29, 0.717) is 24.3 Å². The SMILES string of the molecule is Cn1cc(-c2cc(OC3CC(N4C(=O)CN(c5cccc(OC(F)(F)F)c5)C4=O)C3)ccn2)cn1. The van der Waals surface area contributed by atoms with E-state index in [9.17, 15) is 22.8 Å². The van der Waals surface area contributed by atoms with Gasteiger partial charge in [-0.1, -0.05) is 6.07 Å². The Morgan fingerprint density at radius 2 is 1.89 bits per heavy atom. The standard InChI is InChI=1S/C23H20F3N5O4/c1-29-12-14(11-28-29)20-10-17(5-6-27-20)34-19-8-16(9-19)31-21(32)13-30(22(31)33)15-3-2-4-18(7-15)35-23(24,25)26/h2-7,10-12,16,19H,8-9,13H2,1H3. The van der Waals surface area contributed by atoms with Gasteiger partial charge < -0.3 is 9.47 Å². The third-order valence-electron chi connectivity index (χ3n) is 5.83. The fraction of sp³-hybridized carbons (Fsp3) is 0.304. The van der Waals surface area contributed by atoms with E-state index in [1.54, 1.807) is 29.2 Å². The average Bonchev–Trinajstić information content (AvgIpc) is 3.33. The maximum atomic E-state index is 12.9. The van der Waals surface area contributed by atoms with Crippen molar-refractivity contribution < 1.29 is 32.2 Å². The van der Waals surface area contributed by atoms with Gasteiger partial charge in [-0.25, -0.2) is 4.79 Å². The van der Waals surface area contributed by atoms with Gasteiger partial charge in [-0.2, -0.15) is 5.10 Å². The smallest absolute Gasteiger partial charge is 0.490 e. The van der Waals surface area contributed by atoms with E-state index in [1.165, 1.54) is 12.1 Å². The van der Waals surface area contributed by atoms with E-state index in [2.05, 4.69) is 14.8 Å². The maximum Gasteiger partial charge on any atom is 0.573 e. The number of hydrogen-bond acceptors (Lipinski definition) is 6. The van der Waals surface area contributed by atoms with Crippen LogP contribution in [-0.4, -0.2) is 56.7 Å². The molecule has 1 aliphatic heterocycles. The largest absolute Gasteiger partial charge is 0.573 e. The Morgan fingerprint density at radius 3 is 2.60 bits per heavy atom. The average molecular weight is 487 g/mol. The van der Waals surface area contributed by atoms with Crippen molar-refractivity contribution in [3.63, 3.8) is 0 Å². The fourth-order valence-electron chi connectivity index (χ4n) is 4.16. The molecule has 0 bridgehead atoms. The second kappa shape index (κ2) is 8.60. The lowest BCUT2D eigenvalue weighted by molar-refractivity contribution is -0.274. The first kappa shape index (κ1) is 22.7. The highest BCUT2D eigenvalue weighted by Gasteiger charge is 2.47. The Kier molecular flexibility index (Phi) is 5.58. The van der Waals surface area contributed by atoms with E-state index >= 15 is 0 Å². The number of hydrogen-bond donors (Lipinski definition) is 0. The van der Waals surface area contributed by atoms with Gasteiger partial charge in [-0.15, -0.1) is 13.2 Å². The van der Waals surface area contributed by atoms with Gasteiger partial charge in [0.2, 0.25) is 0 Å². The Morgan fingerprint density at radius 1 is 1.09 bits per heavy atom. The van der Waals surface area contributed by atoms with Crippen molar-refractivity contribution in [3.05, 3.63) is 55.0 Å². The summed E-state index contributed by atoms with van der Waals surface area (Å²) in [6, 6.07) is 7.60. The lowest BCUT2D eigenvalue weighted by Gasteiger charge is -2.39. The normalized spacial score (nSPS) is 20.2. The zero-order valence-corrected chi connectivity index (χ0v) is 18.5. The van der Waals surface area contributed by atoms with E-state index in [1.807, 2.05) is 13.2 Å². The number of imide groups is 1. The molecule has 1 aliphatic carbocycles. The third-order valence-corrected chi connectivity index (χ3v) is 5.83. The summed E-state index contributed by atoms with van der Waals surface area (Å²) in [4.78, 5) is 32.1. The monoisotopic (exact) mass is 487 g/mol. The number of urea groups is 1. The van der Waals surface area contributed by atoms with Gasteiger partial charge >= 0.3 is 12.4 Å². The van der Waals surface area contributed by atoms with E-state index in [4.69, 9.17) is 4.74 Å². The van der Waals surface area contributed by atoms with Gasteiger partial charge in [-0.3, -0.25) is 24.3 Å². The van der Waals surface area contributed by atoms with Gasteiger partial charge in [0.05, 0.1) is 11.9 Å². The summed E-state index contributed by atoms with van der Waals surface area (Å²) in [5.74, 6) is -0.262. The van der Waals surface area contributed by atoms with Crippen molar-refractivity contribution in [3.8, 4) is 22.8 Å². The van der Waals surface area contributed by atoms with Crippen molar-refractivity contribution in [2.45, 2.75) is 31.3 Å². The first-order valence-corrected chi connectivity index (χ1v) is 10.8. The second-order valence-corrected chi connectivity index (χ2v) is 8.32. The van der Waals surface area contributed by atoms with Gasteiger partial charge in [0.25, 0.3) is 5.91 Å². The zero-order chi connectivity index (χ0) is 24.7. The maximum absolute atomic E-state index is 12.9. The first-order chi connectivity index (χ1) is 16.7. The number of carbonyl (C=O) groups excluding carboxylic acids is 2. The molecule has 3 amide bonds. The number of amides is 3. The lowest BCUT2D eigenvalue weighted by Crippen LogP contribution is -2.52. The molecule has 1 saturated carbocycles. The molecule has 1 aromatic carbocycles. The molecular weight excluding hydrogens is 467 g/mol. The van der Waals surface area contributed by atoms with Crippen LogP contribution in [-0.2, 0) is 11.8 Å². The van der Waals surface area contributed by atoms with Crippen LogP contribution < -0.4 is 14.4 Å². The molecule has 2 fully saturated rings. The highest BCUT2D eigenvalue weighted by Crippen LogP contribution is 2.35. The summed E-state index contributed by atoms with van der Waals surface area (Å²) in [7, 11) is 1.81. The molecule has 12 heteroatoms. The highest BCUT2D eigenvalue weighted by molar-refractivity contribution is 6.12.